The van der Waals surface area contributed by atoms with E-state index in [4.69, 9.17) is 4.74 Å². The summed E-state index contributed by atoms with van der Waals surface area (Å²) in [4.78, 5) is 12.3. The van der Waals surface area contributed by atoms with Crippen LogP contribution in [0.1, 0.15) is 45.6 Å². The standard InChI is InChI=1S/C18H28N2O2.ClH/c1-12(2)15-6-5-7-16(10-15)22-14(4)18(21)20-17-11-19-9-8-13(17)3;/h5-7,10,12-14,17,19H,8-9,11H2,1-4H3,(H,20,21);1H. The van der Waals surface area contributed by atoms with E-state index in [9.17, 15) is 4.79 Å². The van der Waals surface area contributed by atoms with Crippen molar-refractivity contribution >= 4 is 18.3 Å². The van der Waals surface area contributed by atoms with Crippen LogP contribution in [0, 0.1) is 5.92 Å². The second-order valence-electron chi connectivity index (χ2n) is 6.57. The second kappa shape index (κ2) is 9.14. The van der Waals surface area contributed by atoms with Gasteiger partial charge in [0, 0.05) is 12.6 Å². The molecule has 1 aromatic carbocycles. The van der Waals surface area contributed by atoms with Gasteiger partial charge in [0.15, 0.2) is 6.10 Å². The van der Waals surface area contributed by atoms with Crippen molar-refractivity contribution in [2.45, 2.75) is 52.2 Å². The number of ether oxygens (including phenoxy) is 1. The number of piperidine rings is 1. The number of carbonyl (C=O) groups is 1. The van der Waals surface area contributed by atoms with Crippen LogP contribution in [-0.2, 0) is 4.79 Å². The molecule has 1 saturated heterocycles. The predicted molar refractivity (Wildman–Crippen MR) is 96.5 cm³/mol. The fourth-order valence-electron chi connectivity index (χ4n) is 2.69. The lowest BCUT2D eigenvalue weighted by Crippen LogP contribution is -2.52. The number of hydrogen-bond acceptors (Lipinski definition) is 3. The van der Waals surface area contributed by atoms with E-state index in [1.54, 1.807) is 6.92 Å². The minimum atomic E-state index is -0.489. The molecule has 4 nitrogen and oxygen atoms in total. The van der Waals surface area contributed by atoms with Gasteiger partial charge in [-0.05, 0) is 49.4 Å². The largest absolute Gasteiger partial charge is 0.481 e. The number of benzene rings is 1. The highest BCUT2D eigenvalue weighted by atomic mass is 35.5. The molecular formula is C18H29ClN2O2. The van der Waals surface area contributed by atoms with Gasteiger partial charge in [-0.2, -0.15) is 0 Å². The van der Waals surface area contributed by atoms with Crippen molar-refractivity contribution < 1.29 is 9.53 Å². The first-order valence-corrected chi connectivity index (χ1v) is 8.25. The van der Waals surface area contributed by atoms with Crippen LogP contribution in [0.5, 0.6) is 5.75 Å². The second-order valence-corrected chi connectivity index (χ2v) is 6.57. The minimum absolute atomic E-state index is 0. The molecule has 1 aliphatic heterocycles. The number of carbonyl (C=O) groups excluding carboxylic acids is 1. The zero-order valence-electron chi connectivity index (χ0n) is 14.5. The number of halogens is 1. The van der Waals surface area contributed by atoms with Crippen LogP contribution < -0.4 is 15.4 Å². The first-order valence-electron chi connectivity index (χ1n) is 8.25. The Kier molecular flexibility index (Phi) is 7.86. The first-order chi connectivity index (χ1) is 10.5. The highest BCUT2D eigenvalue weighted by molar-refractivity contribution is 5.85. The van der Waals surface area contributed by atoms with Crippen LogP contribution in [0.4, 0.5) is 0 Å². The summed E-state index contributed by atoms with van der Waals surface area (Å²) >= 11 is 0. The smallest absolute Gasteiger partial charge is 0.261 e. The molecule has 2 N–H and O–H groups in total. The van der Waals surface area contributed by atoms with Gasteiger partial charge in [0.25, 0.3) is 5.91 Å². The van der Waals surface area contributed by atoms with Crippen molar-refractivity contribution in [3.05, 3.63) is 29.8 Å². The van der Waals surface area contributed by atoms with Crippen molar-refractivity contribution in [3.63, 3.8) is 0 Å². The molecule has 0 radical (unpaired) electrons. The molecule has 3 atom stereocenters. The van der Waals surface area contributed by atoms with Crippen LogP contribution in [0.15, 0.2) is 24.3 Å². The number of rotatable bonds is 5. The van der Waals surface area contributed by atoms with E-state index in [0.717, 1.165) is 25.3 Å². The lowest BCUT2D eigenvalue weighted by molar-refractivity contribution is -0.128. The first kappa shape index (κ1) is 19.8. The summed E-state index contributed by atoms with van der Waals surface area (Å²) < 4.78 is 5.81. The SMILES string of the molecule is CC(Oc1cccc(C(C)C)c1)C(=O)NC1CNCCC1C.Cl. The molecule has 0 aliphatic carbocycles. The van der Waals surface area contributed by atoms with Crippen molar-refractivity contribution in [1.29, 1.82) is 0 Å². The molecule has 1 amide bonds. The van der Waals surface area contributed by atoms with Crippen molar-refractivity contribution in [2.24, 2.45) is 5.92 Å². The van der Waals surface area contributed by atoms with Gasteiger partial charge in [-0.15, -0.1) is 12.4 Å². The van der Waals surface area contributed by atoms with Crippen LogP contribution in [0.2, 0.25) is 0 Å². The zero-order chi connectivity index (χ0) is 16.1. The molecule has 1 aromatic rings. The molecule has 0 spiro atoms. The molecule has 5 heteroatoms. The van der Waals surface area contributed by atoms with E-state index >= 15 is 0 Å². The third-order valence-electron chi connectivity index (χ3n) is 4.36. The fraction of sp³-hybridized carbons (Fsp3) is 0.611. The van der Waals surface area contributed by atoms with Gasteiger partial charge in [0.1, 0.15) is 5.75 Å². The Labute approximate surface area is 145 Å². The average Bonchev–Trinajstić information content (AvgIpc) is 2.49. The molecule has 130 valence electrons. The van der Waals surface area contributed by atoms with Gasteiger partial charge in [-0.3, -0.25) is 4.79 Å². The normalized spacial score (nSPS) is 22.1. The molecule has 3 unspecified atom stereocenters. The van der Waals surface area contributed by atoms with E-state index in [1.807, 2.05) is 18.2 Å². The van der Waals surface area contributed by atoms with Crippen LogP contribution in [0.3, 0.4) is 0 Å². The van der Waals surface area contributed by atoms with Gasteiger partial charge in [0.2, 0.25) is 0 Å². The van der Waals surface area contributed by atoms with Gasteiger partial charge in [0.05, 0.1) is 0 Å². The fourth-order valence-corrected chi connectivity index (χ4v) is 2.69. The highest BCUT2D eigenvalue weighted by Crippen LogP contribution is 2.21. The Morgan fingerprint density at radius 2 is 2.09 bits per heavy atom. The molecule has 0 bridgehead atoms. The quantitative estimate of drug-likeness (QED) is 0.866. The maximum Gasteiger partial charge on any atom is 0.261 e. The third kappa shape index (κ3) is 5.70. The lowest BCUT2D eigenvalue weighted by atomic mass is 9.94. The lowest BCUT2D eigenvalue weighted by Gasteiger charge is -2.31. The van der Waals surface area contributed by atoms with Gasteiger partial charge < -0.3 is 15.4 Å². The topological polar surface area (TPSA) is 50.4 Å². The van der Waals surface area contributed by atoms with Gasteiger partial charge in [-0.25, -0.2) is 0 Å². The Balaban J connectivity index is 0.00000264. The van der Waals surface area contributed by atoms with E-state index in [1.165, 1.54) is 5.56 Å². The summed E-state index contributed by atoms with van der Waals surface area (Å²) in [5.74, 6) is 1.66. The molecular weight excluding hydrogens is 312 g/mol. The maximum atomic E-state index is 12.3. The average molecular weight is 341 g/mol. The summed E-state index contributed by atoms with van der Waals surface area (Å²) in [6, 6.07) is 8.16. The van der Waals surface area contributed by atoms with Gasteiger partial charge >= 0.3 is 0 Å². The Hall–Kier alpha value is -1.26. The third-order valence-corrected chi connectivity index (χ3v) is 4.36. The summed E-state index contributed by atoms with van der Waals surface area (Å²) in [6.45, 7) is 10.1. The molecule has 0 aromatic heterocycles. The Bertz CT molecular complexity index is 508. The summed E-state index contributed by atoms with van der Waals surface area (Å²) in [7, 11) is 0. The highest BCUT2D eigenvalue weighted by Gasteiger charge is 2.25. The van der Waals surface area contributed by atoms with E-state index < -0.39 is 6.10 Å². The molecule has 1 fully saturated rings. The zero-order valence-corrected chi connectivity index (χ0v) is 15.3. The number of amides is 1. The Morgan fingerprint density at radius 1 is 1.35 bits per heavy atom. The summed E-state index contributed by atoms with van der Waals surface area (Å²) in [5.41, 5.74) is 1.22. The monoisotopic (exact) mass is 340 g/mol. The van der Waals surface area contributed by atoms with Crippen molar-refractivity contribution in [3.8, 4) is 5.75 Å². The van der Waals surface area contributed by atoms with Crippen LogP contribution in [0.25, 0.3) is 0 Å². The minimum Gasteiger partial charge on any atom is -0.481 e. The van der Waals surface area contributed by atoms with Crippen molar-refractivity contribution in [1.82, 2.24) is 10.6 Å². The van der Waals surface area contributed by atoms with E-state index in [2.05, 4.69) is 37.5 Å². The molecule has 1 aliphatic rings. The molecule has 23 heavy (non-hydrogen) atoms. The van der Waals surface area contributed by atoms with Crippen LogP contribution >= 0.6 is 12.4 Å². The maximum absolute atomic E-state index is 12.3. The number of hydrogen-bond donors (Lipinski definition) is 2. The summed E-state index contributed by atoms with van der Waals surface area (Å²) in [6.07, 6.45) is 0.605. The van der Waals surface area contributed by atoms with Gasteiger partial charge in [-0.1, -0.05) is 32.9 Å². The predicted octanol–water partition coefficient (Wildman–Crippen LogP) is 3.11. The van der Waals surface area contributed by atoms with E-state index in [-0.39, 0.29) is 24.4 Å². The molecule has 0 saturated carbocycles. The van der Waals surface area contributed by atoms with Crippen LogP contribution in [-0.4, -0.2) is 31.1 Å². The van der Waals surface area contributed by atoms with Crippen molar-refractivity contribution in [2.75, 3.05) is 13.1 Å². The summed E-state index contributed by atoms with van der Waals surface area (Å²) in [5, 5.41) is 6.42. The Morgan fingerprint density at radius 3 is 2.74 bits per heavy atom. The molecule has 1 heterocycles. The van der Waals surface area contributed by atoms with E-state index in [0.29, 0.717) is 11.8 Å². The number of nitrogens with one attached hydrogen (secondary N) is 2. The molecule has 2 rings (SSSR count).